The molecule has 6 nitrogen and oxygen atoms in total. The van der Waals surface area contributed by atoms with E-state index in [-0.39, 0.29) is 11.9 Å². The molecule has 0 spiro atoms. The van der Waals surface area contributed by atoms with Gasteiger partial charge in [0.25, 0.3) is 5.91 Å². The average molecular weight is 303 g/mol. The molecule has 1 amide bonds. The number of piperidine rings is 1. The molecule has 1 saturated heterocycles. The molecular weight excluding hydrogens is 286 g/mol. The topological polar surface area (TPSA) is 85.0 Å². The van der Waals surface area contributed by atoms with Crippen molar-refractivity contribution in [1.82, 2.24) is 19.9 Å². The van der Waals surface area contributed by atoms with E-state index in [4.69, 9.17) is 5.73 Å². The number of hydrogen-bond acceptors (Lipinski definition) is 6. The molecule has 0 bridgehead atoms. The van der Waals surface area contributed by atoms with Crippen molar-refractivity contribution in [3.05, 3.63) is 29.5 Å². The molecule has 2 aromatic heterocycles. The van der Waals surface area contributed by atoms with Crippen LogP contribution >= 0.6 is 11.3 Å². The van der Waals surface area contributed by atoms with Crippen LogP contribution in [-0.4, -0.2) is 44.9 Å². The van der Waals surface area contributed by atoms with Crippen LogP contribution in [0, 0.1) is 0 Å². The summed E-state index contributed by atoms with van der Waals surface area (Å²) in [6.07, 6.45) is 8.10. The van der Waals surface area contributed by atoms with Crippen molar-refractivity contribution in [3.63, 3.8) is 0 Å². The number of aromatic nitrogens is 3. The van der Waals surface area contributed by atoms with Crippen LogP contribution in [0.15, 0.2) is 24.7 Å². The largest absolute Gasteiger partial charge is 0.334 e. The van der Waals surface area contributed by atoms with Gasteiger partial charge in [0, 0.05) is 31.5 Å². The smallest absolute Gasteiger partial charge is 0.265 e. The molecule has 2 N–H and O–H groups in total. The van der Waals surface area contributed by atoms with Gasteiger partial charge in [-0.15, -0.1) is 11.3 Å². The minimum absolute atomic E-state index is 0.0184. The van der Waals surface area contributed by atoms with Crippen LogP contribution in [0.25, 0.3) is 10.8 Å². The number of nitrogens with zero attached hydrogens (tertiary/aromatic N) is 4. The van der Waals surface area contributed by atoms with E-state index in [0.717, 1.165) is 25.8 Å². The van der Waals surface area contributed by atoms with Gasteiger partial charge in [-0.2, -0.15) is 0 Å². The number of likely N-dealkylation sites (tertiary alicyclic amines) is 1. The summed E-state index contributed by atoms with van der Waals surface area (Å²) in [5.74, 6) is 0.570. The molecule has 0 aliphatic carbocycles. The molecule has 0 aromatic carbocycles. The summed E-state index contributed by atoms with van der Waals surface area (Å²) < 4.78 is 0. The van der Waals surface area contributed by atoms with Gasteiger partial charge in [-0.1, -0.05) is 0 Å². The van der Waals surface area contributed by atoms with E-state index in [1.165, 1.54) is 11.3 Å². The molecule has 3 heterocycles. The fourth-order valence-electron chi connectivity index (χ4n) is 2.54. The summed E-state index contributed by atoms with van der Waals surface area (Å²) in [7, 11) is 0. The maximum atomic E-state index is 12.6. The summed E-state index contributed by atoms with van der Waals surface area (Å²) in [6.45, 7) is 1.29. The second-order valence-electron chi connectivity index (χ2n) is 4.99. The Balaban J connectivity index is 1.81. The highest BCUT2D eigenvalue weighted by molar-refractivity contribution is 7.16. The Morgan fingerprint density at radius 3 is 2.90 bits per heavy atom. The Hall–Kier alpha value is -1.86. The quantitative estimate of drug-likeness (QED) is 0.930. The van der Waals surface area contributed by atoms with Crippen molar-refractivity contribution in [3.8, 4) is 10.8 Å². The van der Waals surface area contributed by atoms with Crippen LogP contribution in [0.4, 0.5) is 0 Å². The van der Waals surface area contributed by atoms with Gasteiger partial charge in [0.1, 0.15) is 4.88 Å². The fourth-order valence-corrected chi connectivity index (χ4v) is 3.36. The third-order valence-corrected chi connectivity index (χ3v) is 4.61. The van der Waals surface area contributed by atoms with E-state index in [0.29, 0.717) is 22.3 Å². The van der Waals surface area contributed by atoms with Crippen molar-refractivity contribution >= 4 is 17.2 Å². The molecule has 1 aliphatic rings. The molecule has 1 atom stereocenters. The van der Waals surface area contributed by atoms with Gasteiger partial charge in [0.2, 0.25) is 0 Å². The Labute approximate surface area is 127 Å². The van der Waals surface area contributed by atoms with Gasteiger partial charge in [-0.3, -0.25) is 4.79 Å². The fraction of sp³-hybridized carbons (Fsp3) is 0.429. The summed E-state index contributed by atoms with van der Waals surface area (Å²) in [6, 6.07) is 1.90. The Morgan fingerprint density at radius 1 is 1.33 bits per heavy atom. The molecule has 0 saturated carbocycles. The Bertz CT molecular complexity index is 615. The number of carbonyl (C=O) groups excluding carboxylic acids is 1. The standard InChI is InChI=1S/C14H17N5OS/c15-8-10-4-1-2-7-19(10)14(20)11-9-18-13(21-11)12-16-5-3-6-17-12/h3,5-6,9-10H,1-2,4,7-8,15H2. The molecule has 21 heavy (non-hydrogen) atoms. The summed E-state index contributed by atoms with van der Waals surface area (Å²) in [4.78, 5) is 27.7. The van der Waals surface area contributed by atoms with Crippen molar-refractivity contribution < 1.29 is 4.79 Å². The van der Waals surface area contributed by atoms with Gasteiger partial charge < -0.3 is 10.6 Å². The molecule has 1 fully saturated rings. The van der Waals surface area contributed by atoms with Gasteiger partial charge >= 0.3 is 0 Å². The molecule has 0 radical (unpaired) electrons. The van der Waals surface area contributed by atoms with E-state index in [1.807, 2.05) is 4.90 Å². The number of thiazole rings is 1. The van der Waals surface area contributed by atoms with Crippen LogP contribution in [-0.2, 0) is 0 Å². The first-order chi connectivity index (χ1) is 10.3. The summed E-state index contributed by atoms with van der Waals surface area (Å²) in [5.41, 5.74) is 5.78. The summed E-state index contributed by atoms with van der Waals surface area (Å²) in [5, 5.41) is 0.667. The molecule has 2 aromatic rings. The number of nitrogens with two attached hydrogens (primary N) is 1. The zero-order valence-electron chi connectivity index (χ0n) is 11.6. The predicted molar refractivity (Wildman–Crippen MR) is 80.9 cm³/mol. The van der Waals surface area contributed by atoms with Crippen molar-refractivity contribution in [1.29, 1.82) is 0 Å². The number of amides is 1. The highest BCUT2D eigenvalue weighted by atomic mass is 32.1. The third kappa shape index (κ3) is 2.93. The highest BCUT2D eigenvalue weighted by Gasteiger charge is 2.27. The molecular formula is C14H17N5OS. The van der Waals surface area contributed by atoms with Crippen molar-refractivity contribution in [2.24, 2.45) is 5.73 Å². The zero-order valence-corrected chi connectivity index (χ0v) is 12.4. The Morgan fingerprint density at radius 2 is 2.14 bits per heavy atom. The van der Waals surface area contributed by atoms with E-state index in [2.05, 4.69) is 15.0 Å². The van der Waals surface area contributed by atoms with Crippen LogP contribution in [0.1, 0.15) is 28.9 Å². The molecule has 7 heteroatoms. The normalized spacial score (nSPS) is 18.7. The van der Waals surface area contributed by atoms with Gasteiger partial charge in [-0.05, 0) is 25.3 Å². The molecule has 1 aliphatic heterocycles. The first kappa shape index (κ1) is 14.1. The van der Waals surface area contributed by atoms with Crippen LogP contribution in [0.3, 0.4) is 0 Å². The lowest BCUT2D eigenvalue weighted by molar-refractivity contribution is 0.0628. The highest BCUT2D eigenvalue weighted by Crippen LogP contribution is 2.25. The number of hydrogen-bond donors (Lipinski definition) is 1. The van der Waals surface area contributed by atoms with E-state index in [9.17, 15) is 4.79 Å². The first-order valence-corrected chi connectivity index (χ1v) is 7.85. The SMILES string of the molecule is NCC1CCCCN1C(=O)c1cnc(-c2ncccn2)s1. The summed E-state index contributed by atoms with van der Waals surface area (Å²) >= 11 is 1.33. The second kappa shape index (κ2) is 6.28. The minimum Gasteiger partial charge on any atom is -0.334 e. The minimum atomic E-state index is 0.0184. The van der Waals surface area contributed by atoms with Crippen LogP contribution in [0.5, 0.6) is 0 Å². The van der Waals surface area contributed by atoms with Crippen molar-refractivity contribution in [2.75, 3.05) is 13.1 Å². The first-order valence-electron chi connectivity index (χ1n) is 7.04. The van der Waals surface area contributed by atoms with Crippen LogP contribution < -0.4 is 5.73 Å². The maximum absolute atomic E-state index is 12.6. The lowest BCUT2D eigenvalue weighted by atomic mass is 10.0. The number of rotatable bonds is 3. The lowest BCUT2D eigenvalue weighted by Crippen LogP contribution is -2.47. The monoisotopic (exact) mass is 303 g/mol. The van der Waals surface area contributed by atoms with Gasteiger partial charge in [0.15, 0.2) is 10.8 Å². The van der Waals surface area contributed by atoms with E-state index < -0.39 is 0 Å². The van der Waals surface area contributed by atoms with Gasteiger partial charge in [-0.25, -0.2) is 15.0 Å². The molecule has 3 rings (SSSR count). The number of carbonyl (C=O) groups is 1. The van der Waals surface area contributed by atoms with Crippen molar-refractivity contribution in [2.45, 2.75) is 25.3 Å². The molecule has 110 valence electrons. The average Bonchev–Trinajstić information content (AvgIpc) is 3.05. The maximum Gasteiger partial charge on any atom is 0.265 e. The zero-order chi connectivity index (χ0) is 14.7. The predicted octanol–water partition coefficient (Wildman–Crippen LogP) is 1.55. The second-order valence-corrected chi connectivity index (χ2v) is 6.02. The van der Waals surface area contributed by atoms with Crippen LogP contribution in [0.2, 0.25) is 0 Å². The lowest BCUT2D eigenvalue weighted by Gasteiger charge is -2.34. The van der Waals surface area contributed by atoms with E-state index in [1.54, 1.807) is 24.7 Å². The van der Waals surface area contributed by atoms with E-state index >= 15 is 0 Å². The molecule has 1 unspecified atom stereocenters. The third-order valence-electron chi connectivity index (χ3n) is 3.63. The van der Waals surface area contributed by atoms with Gasteiger partial charge in [0.05, 0.1) is 6.20 Å². The Kier molecular flexibility index (Phi) is 4.21.